The Morgan fingerprint density at radius 1 is 1.08 bits per heavy atom. The molecule has 5 nitrogen and oxygen atoms in total. The van der Waals surface area contributed by atoms with E-state index in [-0.39, 0.29) is 5.91 Å². The van der Waals surface area contributed by atoms with Gasteiger partial charge in [-0.1, -0.05) is 12.8 Å². The molecule has 1 saturated heterocycles. The summed E-state index contributed by atoms with van der Waals surface area (Å²) in [5.41, 5.74) is 0.646. The predicted octanol–water partition coefficient (Wildman–Crippen LogP) is 3.09. The van der Waals surface area contributed by atoms with E-state index in [0.717, 1.165) is 12.8 Å². The molecule has 0 aromatic heterocycles. The van der Waals surface area contributed by atoms with Crippen molar-refractivity contribution in [3.05, 3.63) is 24.3 Å². The summed E-state index contributed by atoms with van der Waals surface area (Å²) in [5.74, 6) is 0.431. The molecule has 3 rings (SSSR count). The van der Waals surface area contributed by atoms with Crippen molar-refractivity contribution in [2.75, 3.05) is 24.2 Å². The van der Waals surface area contributed by atoms with Gasteiger partial charge >= 0.3 is 0 Å². The van der Waals surface area contributed by atoms with E-state index in [1.807, 2.05) is 0 Å². The van der Waals surface area contributed by atoms with Crippen LogP contribution < -0.4 is 5.32 Å². The molecule has 132 valence electrons. The topological polar surface area (TPSA) is 66.5 Å². The SMILES string of the molecule is O=C(CSC1CCCC1)Nc1ccc(S(=O)(=O)N2CCCC2)cc1. The van der Waals surface area contributed by atoms with Crippen LogP contribution in [0.3, 0.4) is 0 Å². The molecule has 1 saturated carbocycles. The van der Waals surface area contributed by atoms with Crippen molar-refractivity contribution >= 4 is 33.4 Å². The number of amides is 1. The lowest BCUT2D eigenvalue weighted by atomic mass is 10.3. The number of nitrogens with zero attached hydrogens (tertiary/aromatic N) is 1. The maximum atomic E-state index is 12.5. The van der Waals surface area contributed by atoms with Gasteiger partial charge in [-0.2, -0.15) is 4.31 Å². The zero-order valence-corrected chi connectivity index (χ0v) is 15.4. The molecule has 0 atom stereocenters. The molecule has 1 amide bonds. The summed E-state index contributed by atoms with van der Waals surface area (Å²) in [7, 11) is -3.39. The molecular weight excluding hydrogens is 344 g/mol. The first-order chi connectivity index (χ1) is 11.6. The van der Waals surface area contributed by atoms with E-state index in [2.05, 4.69) is 5.32 Å². The van der Waals surface area contributed by atoms with Crippen LogP contribution in [-0.2, 0) is 14.8 Å². The molecule has 1 aliphatic carbocycles. The van der Waals surface area contributed by atoms with E-state index in [9.17, 15) is 13.2 Å². The van der Waals surface area contributed by atoms with E-state index in [0.29, 0.717) is 34.7 Å². The standard InChI is InChI=1S/C17H24N2O3S2/c20-17(13-23-15-5-1-2-6-15)18-14-7-9-16(10-8-14)24(21,22)19-11-3-4-12-19/h7-10,15H,1-6,11-13H2,(H,18,20). The maximum Gasteiger partial charge on any atom is 0.243 e. The largest absolute Gasteiger partial charge is 0.325 e. The summed E-state index contributed by atoms with van der Waals surface area (Å²) >= 11 is 1.72. The minimum Gasteiger partial charge on any atom is -0.325 e. The van der Waals surface area contributed by atoms with Crippen LogP contribution in [0.1, 0.15) is 38.5 Å². The lowest BCUT2D eigenvalue weighted by Crippen LogP contribution is -2.27. The van der Waals surface area contributed by atoms with E-state index in [4.69, 9.17) is 0 Å². The Morgan fingerprint density at radius 2 is 1.71 bits per heavy atom. The van der Waals surface area contributed by atoms with Crippen molar-refractivity contribution < 1.29 is 13.2 Å². The van der Waals surface area contributed by atoms with Gasteiger partial charge in [0.15, 0.2) is 0 Å². The van der Waals surface area contributed by atoms with Gasteiger partial charge in [-0.05, 0) is 49.9 Å². The molecule has 2 fully saturated rings. The molecule has 0 unspecified atom stereocenters. The van der Waals surface area contributed by atoms with Gasteiger partial charge in [0.1, 0.15) is 0 Å². The Labute approximate surface area is 148 Å². The maximum absolute atomic E-state index is 12.5. The zero-order chi connectivity index (χ0) is 17.0. The number of hydrogen-bond donors (Lipinski definition) is 1. The number of sulfonamides is 1. The molecule has 1 aromatic carbocycles. The minimum atomic E-state index is -3.39. The van der Waals surface area contributed by atoms with Crippen LogP contribution in [0.4, 0.5) is 5.69 Å². The average molecular weight is 369 g/mol. The van der Waals surface area contributed by atoms with Crippen molar-refractivity contribution in [2.24, 2.45) is 0 Å². The first-order valence-corrected chi connectivity index (χ1v) is 11.1. The highest BCUT2D eigenvalue weighted by Gasteiger charge is 2.27. The van der Waals surface area contributed by atoms with E-state index >= 15 is 0 Å². The van der Waals surface area contributed by atoms with Crippen molar-refractivity contribution in [3.63, 3.8) is 0 Å². The second-order valence-corrected chi connectivity index (χ2v) is 9.63. The summed E-state index contributed by atoms with van der Waals surface area (Å²) in [6.45, 7) is 1.19. The Morgan fingerprint density at radius 3 is 2.33 bits per heavy atom. The lowest BCUT2D eigenvalue weighted by molar-refractivity contribution is -0.113. The number of carbonyl (C=O) groups is 1. The van der Waals surface area contributed by atoms with E-state index in [1.54, 1.807) is 36.0 Å². The van der Waals surface area contributed by atoms with Crippen molar-refractivity contribution in [1.29, 1.82) is 0 Å². The van der Waals surface area contributed by atoms with Crippen LogP contribution in [-0.4, -0.2) is 42.7 Å². The highest BCUT2D eigenvalue weighted by atomic mass is 32.2. The van der Waals surface area contributed by atoms with Crippen molar-refractivity contribution in [1.82, 2.24) is 4.31 Å². The highest BCUT2D eigenvalue weighted by molar-refractivity contribution is 8.00. The minimum absolute atomic E-state index is 0.0259. The van der Waals surface area contributed by atoms with Gasteiger partial charge < -0.3 is 5.32 Å². The number of rotatable bonds is 6. The molecule has 1 heterocycles. The van der Waals surface area contributed by atoms with Crippen molar-refractivity contribution in [3.8, 4) is 0 Å². The summed E-state index contributed by atoms with van der Waals surface area (Å²) in [6.07, 6.45) is 6.80. The van der Waals surface area contributed by atoms with Crippen LogP contribution in [0.5, 0.6) is 0 Å². The first-order valence-electron chi connectivity index (χ1n) is 8.57. The van der Waals surface area contributed by atoms with E-state index < -0.39 is 10.0 Å². The molecule has 2 aliphatic rings. The first kappa shape index (κ1) is 17.8. The molecule has 1 N–H and O–H groups in total. The Bertz CT molecular complexity index is 662. The fraction of sp³-hybridized carbons (Fsp3) is 0.588. The van der Waals surface area contributed by atoms with Crippen LogP contribution in [0, 0.1) is 0 Å². The third-order valence-corrected chi connectivity index (χ3v) is 7.88. The van der Waals surface area contributed by atoms with Crippen molar-refractivity contribution in [2.45, 2.75) is 48.7 Å². The van der Waals surface area contributed by atoms with Crippen LogP contribution in [0.15, 0.2) is 29.2 Å². The number of nitrogens with one attached hydrogen (secondary N) is 1. The fourth-order valence-electron chi connectivity index (χ4n) is 3.23. The Kier molecular flexibility index (Phi) is 5.84. The Hall–Kier alpha value is -1.05. The molecule has 7 heteroatoms. The van der Waals surface area contributed by atoms with Crippen LogP contribution in [0.25, 0.3) is 0 Å². The molecule has 1 aromatic rings. The van der Waals surface area contributed by atoms with Gasteiger partial charge in [-0.15, -0.1) is 11.8 Å². The molecule has 0 spiro atoms. The third-order valence-electron chi connectivity index (χ3n) is 4.59. The third kappa shape index (κ3) is 4.32. The van der Waals surface area contributed by atoms with E-state index in [1.165, 1.54) is 30.0 Å². The number of carbonyl (C=O) groups excluding carboxylic acids is 1. The zero-order valence-electron chi connectivity index (χ0n) is 13.7. The fourth-order valence-corrected chi connectivity index (χ4v) is 5.88. The monoisotopic (exact) mass is 368 g/mol. The number of benzene rings is 1. The van der Waals surface area contributed by atoms with Gasteiger partial charge in [0.2, 0.25) is 15.9 Å². The Balaban J connectivity index is 1.55. The molecular formula is C17H24N2O3S2. The van der Waals surface area contributed by atoms with Gasteiger partial charge in [-0.25, -0.2) is 8.42 Å². The summed E-state index contributed by atoms with van der Waals surface area (Å²) in [6, 6.07) is 6.49. The second-order valence-electron chi connectivity index (χ2n) is 6.40. The molecule has 0 radical (unpaired) electrons. The summed E-state index contributed by atoms with van der Waals surface area (Å²) in [5, 5.41) is 3.46. The molecule has 0 bridgehead atoms. The van der Waals surface area contributed by atoms with Gasteiger partial charge in [0.25, 0.3) is 0 Å². The number of hydrogen-bond acceptors (Lipinski definition) is 4. The van der Waals surface area contributed by atoms with Crippen LogP contribution in [0.2, 0.25) is 0 Å². The average Bonchev–Trinajstić information content (AvgIpc) is 3.27. The molecule has 24 heavy (non-hydrogen) atoms. The van der Waals surface area contributed by atoms with Crippen LogP contribution >= 0.6 is 11.8 Å². The van der Waals surface area contributed by atoms with Gasteiger partial charge in [0, 0.05) is 24.0 Å². The highest BCUT2D eigenvalue weighted by Crippen LogP contribution is 2.29. The number of thioether (sulfide) groups is 1. The molecule has 1 aliphatic heterocycles. The van der Waals surface area contributed by atoms with Gasteiger partial charge in [-0.3, -0.25) is 4.79 Å². The lowest BCUT2D eigenvalue weighted by Gasteiger charge is -2.15. The summed E-state index contributed by atoms with van der Waals surface area (Å²) < 4.78 is 26.4. The predicted molar refractivity (Wildman–Crippen MR) is 97.8 cm³/mol. The summed E-state index contributed by atoms with van der Waals surface area (Å²) in [4.78, 5) is 12.3. The second kappa shape index (κ2) is 7.89. The smallest absolute Gasteiger partial charge is 0.243 e. The quantitative estimate of drug-likeness (QED) is 0.838. The number of anilines is 1. The normalized spacial score (nSPS) is 19.7. The van der Waals surface area contributed by atoms with Gasteiger partial charge in [0.05, 0.1) is 10.6 Å².